The van der Waals surface area contributed by atoms with Crippen LogP contribution >= 0.6 is 31.9 Å². The lowest BCUT2D eigenvalue weighted by molar-refractivity contribution is -0.131. The van der Waals surface area contributed by atoms with E-state index in [1.807, 2.05) is 0 Å². The van der Waals surface area contributed by atoms with Crippen LogP contribution in [0, 0.1) is 0 Å². The molecule has 0 radical (unpaired) electrons. The number of nitrogens with zero attached hydrogens (tertiary/aromatic N) is 2. The first-order chi connectivity index (χ1) is 10.8. The van der Waals surface area contributed by atoms with Gasteiger partial charge in [-0.15, -0.1) is 0 Å². The van der Waals surface area contributed by atoms with Crippen molar-refractivity contribution < 1.29 is 14.7 Å². The number of anilines is 2. The molecule has 1 aliphatic rings. The van der Waals surface area contributed by atoms with Crippen LogP contribution in [0.1, 0.15) is 6.92 Å². The van der Waals surface area contributed by atoms with Gasteiger partial charge in [-0.2, -0.15) is 0 Å². The molecule has 118 valence electrons. The molecule has 0 saturated carbocycles. The summed E-state index contributed by atoms with van der Waals surface area (Å²) in [5.74, 6) is -0.687. The van der Waals surface area contributed by atoms with Crippen molar-refractivity contribution in [2.45, 2.75) is 12.6 Å². The van der Waals surface area contributed by atoms with Gasteiger partial charge in [0, 0.05) is 14.6 Å². The number of hydrogen-bond acceptors (Lipinski definition) is 3. The lowest BCUT2D eigenvalue weighted by atomic mass is 10.2. The fourth-order valence-corrected chi connectivity index (χ4v) is 2.98. The SMILES string of the molecule is CC1(O)C(=O)N(c2ccc(Br)cc2)C(=O)N1c1ccc(Br)cc1. The normalized spacial score (nSPS) is 21.2. The Labute approximate surface area is 149 Å². The van der Waals surface area contributed by atoms with Gasteiger partial charge in [0.2, 0.25) is 5.72 Å². The summed E-state index contributed by atoms with van der Waals surface area (Å²) in [6.07, 6.45) is 0. The first-order valence-electron chi connectivity index (χ1n) is 6.74. The Kier molecular flexibility index (Phi) is 4.03. The molecule has 3 amide bonds. The quantitative estimate of drug-likeness (QED) is 0.722. The van der Waals surface area contributed by atoms with E-state index in [-0.39, 0.29) is 0 Å². The second-order valence-corrected chi connectivity index (χ2v) is 7.06. The van der Waals surface area contributed by atoms with E-state index in [0.717, 1.165) is 18.7 Å². The first-order valence-corrected chi connectivity index (χ1v) is 8.33. The Bertz CT molecular complexity index is 773. The number of urea groups is 1. The number of benzene rings is 2. The van der Waals surface area contributed by atoms with Crippen LogP contribution in [0.5, 0.6) is 0 Å². The first kappa shape index (κ1) is 16.2. The highest BCUT2D eigenvalue weighted by atomic mass is 79.9. The molecule has 1 atom stereocenters. The number of halogens is 2. The van der Waals surface area contributed by atoms with Gasteiger partial charge in [-0.25, -0.2) is 9.69 Å². The Morgan fingerprint density at radius 1 is 0.870 bits per heavy atom. The zero-order valence-corrected chi connectivity index (χ0v) is 15.2. The fraction of sp³-hybridized carbons (Fsp3) is 0.125. The van der Waals surface area contributed by atoms with Crippen LogP contribution in [0.4, 0.5) is 16.2 Å². The molecule has 2 aromatic rings. The third-order valence-electron chi connectivity index (χ3n) is 3.60. The van der Waals surface area contributed by atoms with Gasteiger partial charge in [-0.05, 0) is 55.5 Å². The summed E-state index contributed by atoms with van der Waals surface area (Å²) in [5.41, 5.74) is -1.10. The van der Waals surface area contributed by atoms with E-state index in [4.69, 9.17) is 0 Å². The summed E-state index contributed by atoms with van der Waals surface area (Å²) in [6.45, 7) is 1.31. The molecule has 0 spiro atoms. The molecule has 1 N–H and O–H groups in total. The zero-order chi connectivity index (χ0) is 16.8. The minimum absolute atomic E-state index is 0.406. The largest absolute Gasteiger partial charge is 0.363 e. The molecule has 1 unspecified atom stereocenters. The van der Waals surface area contributed by atoms with Crippen LogP contribution in [-0.2, 0) is 4.79 Å². The molecule has 1 heterocycles. The molecule has 1 aliphatic heterocycles. The molecule has 0 bridgehead atoms. The van der Waals surface area contributed by atoms with Gasteiger partial charge in [0.05, 0.1) is 5.69 Å². The minimum atomic E-state index is -1.95. The van der Waals surface area contributed by atoms with Crippen molar-refractivity contribution in [2.75, 3.05) is 9.80 Å². The predicted octanol–water partition coefficient (Wildman–Crippen LogP) is 3.89. The maximum Gasteiger partial charge on any atom is 0.338 e. The van der Waals surface area contributed by atoms with Gasteiger partial charge < -0.3 is 5.11 Å². The molecule has 5 nitrogen and oxygen atoms in total. The lowest BCUT2D eigenvalue weighted by Crippen LogP contribution is -2.47. The topological polar surface area (TPSA) is 60.9 Å². The summed E-state index contributed by atoms with van der Waals surface area (Å²) >= 11 is 6.63. The van der Waals surface area contributed by atoms with E-state index in [0.29, 0.717) is 11.4 Å². The zero-order valence-electron chi connectivity index (χ0n) is 12.0. The Morgan fingerprint density at radius 2 is 1.30 bits per heavy atom. The summed E-state index contributed by atoms with van der Waals surface area (Å²) in [4.78, 5) is 27.4. The second-order valence-electron chi connectivity index (χ2n) is 5.23. The number of carbonyl (C=O) groups is 2. The highest BCUT2D eigenvalue weighted by Crippen LogP contribution is 2.35. The number of rotatable bonds is 2. The van der Waals surface area contributed by atoms with E-state index in [1.165, 1.54) is 6.92 Å². The van der Waals surface area contributed by atoms with E-state index in [1.54, 1.807) is 48.5 Å². The van der Waals surface area contributed by atoms with Crippen LogP contribution in [0.15, 0.2) is 57.5 Å². The number of hydrogen-bond donors (Lipinski definition) is 1. The number of amides is 3. The minimum Gasteiger partial charge on any atom is -0.363 e. The van der Waals surface area contributed by atoms with E-state index >= 15 is 0 Å². The van der Waals surface area contributed by atoms with Crippen molar-refractivity contribution in [3.8, 4) is 0 Å². The van der Waals surface area contributed by atoms with Gasteiger partial charge in [-0.3, -0.25) is 9.69 Å². The van der Waals surface area contributed by atoms with Crippen LogP contribution in [0.25, 0.3) is 0 Å². The predicted molar refractivity (Wildman–Crippen MR) is 94.3 cm³/mol. The van der Waals surface area contributed by atoms with Crippen LogP contribution in [-0.4, -0.2) is 22.8 Å². The smallest absolute Gasteiger partial charge is 0.338 e. The van der Waals surface area contributed by atoms with Crippen molar-refractivity contribution >= 4 is 55.2 Å². The lowest BCUT2D eigenvalue weighted by Gasteiger charge is -2.26. The van der Waals surface area contributed by atoms with Gasteiger partial charge in [0.25, 0.3) is 5.91 Å². The standard InChI is InChI=1S/C16H12Br2N2O3/c1-16(23)14(21)19(12-6-2-10(17)3-7-12)15(22)20(16)13-8-4-11(18)5-9-13/h2-9,23H,1H3. The van der Waals surface area contributed by atoms with Crippen LogP contribution < -0.4 is 9.80 Å². The van der Waals surface area contributed by atoms with Crippen molar-refractivity contribution in [3.63, 3.8) is 0 Å². The molecule has 7 heteroatoms. The van der Waals surface area contributed by atoms with Crippen molar-refractivity contribution in [3.05, 3.63) is 57.5 Å². The Balaban J connectivity index is 2.05. The van der Waals surface area contributed by atoms with Gasteiger partial charge in [0.15, 0.2) is 0 Å². The van der Waals surface area contributed by atoms with Crippen molar-refractivity contribution in [2.24, 2.45) is 0 Å². The third kappa shape index (κ3) is 2.69. The van der Waals surface area contributed by atoms with Crippen LogP contribution in [0.2, 0.25) is 0 Å². The molecular weight excluding hydrogens is 428 g/mol. The maximum absolute atomic E-state index is 12.7. The van der Waals surface area contributed by atoms with Crippen LogP contribution in [0.3, 0.4) is 0 Å². The fourth-order valence-electron chi connectivity index (χ4n) is 2.45. The number of carbonyl (C=O) groups excluding carboxylic acids is 2. The molecule has 0 aliphatic carbocycles. The average molecular weight is 440 g/mol. The molecule has 2 aromatic carbocycles. The van der Waals surface area contributed by atoms with Gasteiger partial charge in [-0.1, -0.05) is 31.9 Å². The molecule has 0 aromatic heterocycles. The number of aliphatic hydroxyl groups is 1. The van der Waals surface area contributed by atoms with Crippen molar-refractivity contribution in [1.82, 2.24) is 0 Å². The highest BCUT2D eigenvalue weighted by molar-refractivity contribution is 9.10. The van der Waals surface area contributed by atoms with Gasteiger partial charge in [0.1, 0.15) is 0 Å². The molecule has 3 rings (SSSR count). The van der Waals surface area contributed by atoms with Gasteiger partial charge >= 0.3 is 6.03 Å². The summed E-state index contributed by atoms with van der Waals surface area (Å²) < 4.78 is 1.67. The Morgan fingerprint density at radius 3 is 1.78 bits per heavy atom. The average Bonchev–Trinajstić information content (AvgIpc) is 2.68. The highest BCUT2D eigenvalue weighted by Gasteiger charge is 2.54. The molecule has 1 saturated heterocycles. The number of imide groups is 1. The van der Waals surface area contributed by atoms with E-state index in [2.05, 4.69) is 31.9 Å². The Hall–Kier alpha value is -1.70. The van der Waals surface area contributed by atoms with Crippen molar-refractivity contribution in [1.29, 1.82) is 0 Å². The molecule has 1 fully saturated rings. The summed E-state index contributed by atoms with van der Waals surface area (Å²) in [7, 11) is 0. The second kappa shape index (κ2) is 5.74. The summed E-state index contributed by atoms with van der Waals surface area (Å²) in [5, 5.41) is 10.6. The maximum atomic E-state index is 12.7. The third-order valence-corrected chi connectivity index (χ3v) is 4.65. The molecular formula is C16H12Br2N2O3. The van der Waals surface area contributed by atoms with E-state index < -0.39 is 17.7 Å². The monoisotopic (exact) mass is 438 g/mol. The van der Waals surface area contributed by atoms with E-state index in [9.17, 15) is 14.7 Å². The summed E-state index contributed by atoms with van der Waals surface area (Å²) in [6, 6.07) is 13.0. The molecule has 23 heavy (non-hydrogen) atoms.